The molecule has 0 N–H and O–H groups in total. The zero-order valence-electron chi connectivity index (χ0n) is 20.5. The number of carbonyl (C=O) groups is 2. The minimum atomic E-state index is -3.90. The lowest BCUT2D eigenvalue weighted by Crippen LogP contribution is -2.44. The summed E-state index contributed by atoms with van der Waals surface area (Å²) in [4.78, 5) is 29.3. The molecule has 0 atom stereocenters. The third-order valence-electron chi connectivity index (χ3n) is 5.51. The van der Waals surface area contributed by atoms with E-state index in [0.29, 0.717) is 10.9 Å². The number of aromatic nitrogens is 1. The van der Waals surface area contributed by atoms with Crippen molar-refractivity contribution in [3.8, 4) is 0 Å². The summed E-state index contributed by atoms with van der Waals surface area (Å²) in [6.07, 6.45) is 1.50. The Labute approximate surface area is 192 Å². The molecule has 8 heteroatoms. The van der Waals surface area contributed by atoms with Gasteiger partial charge in [0, 0.05) is 41.3 Å². The molecule has 2 aromatic rings. The highest BCUT2D eigenvalue weighted by Gasteiger charge is 2.30. The molecule has 1 aromatic heterocycles. The summed E-state index contributed by atoms with van der Waals surface area (Å²) < 4.78 is 28.3. The molecular formula is C24H37N3O4S. The van der Waals surface area contributed by atoms with Crippen molar-refractivity contribution in [3.63, 3.8) is 0 Å². The number of sulfone groups is 1. The Hall–Kier alpha value is -2.35. The van der Waals surface area contributed by atoms with Crippen LogP contribution in [0.2, 0.25) is 0 Å². The first-order chi connectivity index (χ1) is 14.8. The predicted molar refractivity (Wildman–Crippen MR) is 128 cm³/mol. The molecule has 0 bridgehead atoms. The highest BCUT2D eigenvalue weighted by atomic mass is 32.2. The molecule has 0 spiro atoms. The normalized spacial score (nSPS) is 12.4. The maximum atomic E-state index is 13.3. The van der Waals surface area contributed by atoms with E-state index in [0.717, 1.165) is 0 Å². The SMILES string of the molecule is CC(C)N(C(=O)Cn1cc(S(=O)(=O)CC(=O)N(C(C)C)C(C)C)c2ccccc21)C(C)C. The number of rotatable bonds is 9. The van der Waals surface area contributed by atoms with Crippen LogP contribution >= 0.6 is 0 Å². The molecule has 0 unspecified atom stereocenters. The first-order valence-electron chi connectivity index (χ1n) is 11.2. The fraction of sp³-hybridized carbons (Fsp3) is 0.583. The highest BCUT2D eigenvalue weighted by Crippen LogP contribution is 2.27. The van der Waals surface area contributed by atoms with Gasteiger partial charge in [-0.05, 0) is 61.5 Å². The quantitative estimate of drug-likeness (QED) is 0.568. The van der Waals surface area contributed by atoms with Crippen molar-refractivity contribution in [2.45, 2.75) is 91.0 Å². The van der Waals surface area contributed by atoms with E-state index >= 15 is 0 Å². The van der Waals surface area contributed by atoms with Crippen LogP contribution in [0.15, 0.2) is 35.4 Å². The van der Waals surface area contributed by atoms with Gasteiger partial charge in [-0.1, -0.05) is 18.2 Å². The average Bonchev–Trinajstić information content (AvgIpc) is 2.99. The third kappa shape index (κ3) is 5.52. The van der Waals surface area contributed by atoms with Crippen LogP contribution < -0.4 is 0 Å². The first-order valence-corrected chi connectivity index (χ1v) is 12.9. The molecule has 0 saturated heterocycles. The fourth-order valence-electron chi connectivity index (χ4n) is 4.48. The number of amides is 2. The van der Waals surface area contributed by atoms with Crippen LogP contribution in [-0.2, 0) is 26.0 Å². The maximum absolute atomic E-state index is 13.3. The summed E-state index contributed by atoms with van der Waals surface area (Å²) in [6, 6.07) is 6.95. The summed E-state index contributed by atoms with van der Waals surface area (Å²) in [5.74, 6) is -1.11. The van der Waals surface area contributed by atoms with Crippen molar-refractivity contribution in [2.75, 3.05) is 5.75 Å². The fourth-order valence-corrected chi connectivity index (χ4v) is 5.90. The van der Waals surface area contributed by atoms with Gasteiger partial charge in [-0.25, -0.2) is 8.42 Å². The summed E-state index contributed by atoms with van der Waals surface area (Å²) in [7, 11) is -3.90. The zero-order chi connectivity index (χ0) is 24.4. The van der Waals surface area contributed by atoms with Gasteiger partial charge in [0.2, 0.25) is 11.8 Å². The molecule has 0 saturated carbocycles. The van der Waals surface area contributed by atoms with Crippen LogP contribution in [-0.4, -0.2) is 64.5 Å². The van der Waals surface area contributed by atoms with E-state index in [1.165, 1.54) is 6.20 Å². The van der Waals surface area contributed by atoms with Crippen molar-refractivity contribution in [3.05, 3.63) is 30.5 Å². The Morgan fingerprint density at radius 3 is 1.78 bits per heavy atom. The molecule has 0 fully saturated rings. The number of carbonyl (C=O) groups excluding carboxylic acids is 2. The lowest BCUT2D eigenvalue weighted by molar-refractivity contribution is -0.135. The second kappa shape index (κ2) is 10.1. The second-order valence-electron chi connectivity index (χ2n) is 9.37. The second-order valence-corrected chi connectivity index (χ2v) is 11.3. The van der Waals surface area contributed by atoms with E-state index in [1.54, 1.807) is 32.6 Å². The molecule has 1 heterocycles. The first kappa shape index (κ1) is 25.9. The molecular weight excluding hydrogens is 426 g/mol. The van der Waals surface area contributed by atoms with Gasteiger partial charge in [0.05, 0.1) is 4.90 Å². The van der Waals surface area contributed by atoms with Gasteiger partial charge in [-0.2, -0.15) is 0 Å². The molecule has 7 nitrogen and oxygen atoms in total. The van der Waals surface area contributed by atoms with Crippen molar-refractivity contribution in [1.29, 1.82) is 0 Å². The van der Waals surface area contributed by atoms with Crippen LogP contribution in [0.4, 0.5) is 0 Å². The molecule has 0 aliphatic heterocycles. The average molecular weight is 464 g/mol. The van der Waals surface area contributed by atoms with Crippen molar-refractivity contribution >= 4 is 32.6 Å². The number of hydrogen-bond acceptors (Lipinski definition) is 4. The summed E-state index contributed by atoms with van der Waals surface area (Å²) in [6.45, 7) is 15.4. The molecule has 178 valence electrons. The Balaban J connectivity index is 2.46. The largest absolute Gasteiger partial charge is 0.337 e. The molecule has 0 aliphatic carbocycles. The van der Waals surface area contributed by atoms with Crippen LogP contribution in [0.25, 0.3) is 10.9 Å². The van der Waals surface area contributed by atoms with Crippen LogP contribution in [0.1, 0.15) is 55.4 Å². The highest BCUT2D eigenvalue weighted by molar-refractivity contribution is 7.92. The third-order valence-corrected chi connectivity index (χ3v) is 7.13. The Morgan fingerprint density at radius 1 is 0.812 bits per heavy atom. The minimum Gasteiger partial charge on any atom is -0.337 e. The van der Waals surface area contributed by atoms with Gasteiger partial charge in [0.1, 0.15) is 12.3 Å². The van der Waals surface area contributed by atoms with Crippen LogP contribution in [0.3, 0.4) is 0 Å². The topological polar surface area (TPSA) is 79.7 Å². The van der Waals surface area contributed by atoms with Crippen molar-refractivity contribution < 1.29 is 18.0 Å². The Bertz CT molecular complexity index is 1050. The Kier molecular flexibility index (Phi) is 8.15. The van der Waals surface area contributed by atoms with E-state index in [-0.39, 0.29) is 41.5 Å². The smallest absolute Gasteiger partial charge is 0.242 e. The molecule has 2 amide bonds. The number of fused-ring (bicyclic) bond motifs is 1. The summed E-state index contributed by atoms with van der Waals surface area (Å²) in [5, 5.41) is 0.523. The van der Waals surface area contributed by atoms with Crippen LogP contribution in [0, 0.1) is 0 Å². The molecule has 0 radical (unpaired) electrons. The lowest BCUT2D eigenvalue weighted by atomic mass is 10.2. The van der Waals surface area contributed by atoms with Gasteiger partial charge in [-0.15, -0.1) is 0 Å². The minimum absolute atomic E-state index is 0.0307. The molecule has 0 aliphatic rings. The number of hydrogen-bond donors (Lipinski definition) is 0. The van der Waals surface area contributed by atoms with Crippen molar-refractivity contribution in [1.82, 2.24) is 14.4 Å². The Morgan fingerprint density at radius 2 is 1.28 bits per heavy atom. The summed E-state index contributed by atoms with van der Waals surface area (Å²) in [5.41, 5.74) is 0.656. The van der Waals surface area contributed by atoms with E-state index in [9.17, 15) is 18.0 Å². The lowest BCUT2D eigenvalue weighted by Gasteiger charge is -2.31. The standard InChI is InChI=1S/C24H37N3O4S/c1-16(2)26(17(3)4)23(28)14-25-13-22(20-11-9-10-12-21(20)25)32(30,31)15-24(29)27(18(5)6)19(7)8/h9-13,16-19H,14-15H2,1-8H3. The monoisotopic (exact) mass is 463 g/mol. The molecule has 2 rings (SSSR count). The van der Waals surface area contributed by atoms with Gasteiger partial charge in [-0.3, -0.25) is 9.59 Å². The van der Waals surface area contributed by atoms with E-state index < -0.39 is 21.5 Å². The number of nitrogens with zero attached hydrogens (tertiary/aromatic N) is 3. The van der Waals surface area contributed by atoms with Crippen LogP contribution in [0.5, 0.6) is 0 Å². The summed E-state index contributed by atoms with van der Waals surface area (Å²) >= 11 is 0. The van der Waals surface area contributed by atoms with Gasteiger partial charge in [0.15, 0.2) is 9.84 Å². The van der Waals surface area contributed by atoms with Gasteiger partial charge in [0.25, 0.3) is 0 Å². The maximum Gasteiger partial charge on any atom is 0.242 e. The molecule has 32 heavy (non-hydrogen) atoms. The molecule has 1 aromatic carbocycles. The predicted octanol–water partition coefficient (Wildman–Crippen LogP) is 3.71. The van der Waals surface area contributed by atoms with E-state index in [1.807, 2.05) is 61.5 Å². The number of benzene rings is 1. The van der Waals surface area contributed by atoms with E-state index in [4.69, 9.17) is 0 Å². The van der Waals surface area contributed by atoms with Gasteiger partial charge >= 0.3 is 0 Å². The van der Waals surface area contributed by atoms with Crippen molar-refractivity contribution in [2.24, 2.45) is 0 Å². The van der Waals surface area contributed by atoms with E-state index in [2.05, 4.69) is 0 Å². The number of para-hydroxylation sites is 1. The zero-order valence-corrected chi connectivity index (χ0v) is 21.3. The van der Waals surface area contributed by atoms with Gasteiger partial charge < -0.3 is 14.4 Å².